The number of carbonyl (C=O) groups is 3. The van der Waals surface area contributed by atoms with Crippen LogP contribution in [0.4, 0.5) is 0 Å². The number of hydrogen-bond acceptors (Lipinski definition) is 7. The fraction of sp³-hybridized carbons (Fsp3) is 0.954. The Balaban J connectivity index is 3.92. The number of rotatable bonds is 62. The molecule has 1 N–H and O–H groups in total. The fourth-order valence-corrected chi connectivity index (χ4v) is 10.1. The number of likely N-dealkylation sites (N-methyl/N-ethyl adjacent to an activating group) is 1. The van der Waals surface area contributed by atoms with Gasteiger partial charge in [-0.3, -0.25) is 9.59 Å². The highest BCUT2D eigenvalue weighted by molar-refractivity contribution is 5.71. The molecule has 2 atom stereocenters. The Hall–Kier alpha value is -1.71. The molecule has 2 unspecified atom stereocenters. The molecule has 0 heterocycles. The molecule has 9 heteroatoms. The van der Waals surface area contributed by atoms with Gasteiger partial charge < -0.3 is 28.5 Å². The molecule has 0 aliphatic carbocycles. The van der Waals surface area contributed by atoms with Gasteiger partial charge in [-0.2, -0.15) is 0 Å². The average molecular weight is 1050 g/mol. The van der Waals surface area contributed by atoms with Crippen molar-refractivity contribution in [2.45, 2.75) is 354 Å². The number of quaternary nitrogens is 1. The van der Waals surface area contributed by atoms with Crippen molar-refractivity contribution in [3.63, 3.8) is 0 Å². The van der Waals surface area contributed by atoms with Crippen molar-refractivity contribution in [1.29, 1.82) is 0 Å². The molecule has 0 rings (SSSR count). The van der Waals surface area contributed by atoms with Gasteiger partial charge in [0.2, 0.25) is 0 Å². The van der Waals surface area contributed by atoms with Crippen LogP contribution >= 0.6 is 0 Å². The van der Waals surface area contributed by atoms with Gasteiger partial charge in [0.25, 0.3) is 6.29 Å². The first-order chi connectivity index (χ1) is 36.1. The maximum absolute atomic E-state index is 12.9. The number of unbranched alkanes of at least 4 members (excludes halogenated alkanes) is 47. The number of carboxylic acid groups (broad SMARTS) is 1. The van der Waals surface area contributed by atoms with Crippen LogP contribution in [0.3, 0.4) is 0 Å². The van der Waals surface area contributed by atoms with E-state index in [4.69, 9.17) is 18.9 Å². The zero-order chi connectivity index (χ0) is 54.1. The highest BCUT2D eigenvalue weighted by Gasteiger charge is 2.25. The van der Waals surface area contributed by atoms with E-state index >= 15 is 0 Å². The van der Waals surface area contributed by atoms with Crippen LogP contribution in [0.1, 0.15) is 341 Å². The Morgan fingerprint density at radius 3 is 0.865 bits per heavy atom. The van der Waals surface area contributed by atoms with Gasteiger partial charge in [-0.15, -0.1) is 0 Å². The minimum atomic E-state index is -1.50. The highest BCUT2D eigenvalue weighted by atomic mass is 16.7. The Bertz CT molecular complexity index is 1180. The van der Waals surface area contributed by atoms with Crippen LogP contribution in [0.2, 0.25) is 0 Å². The van der Waals surface area contributed by atoms with Crippen molar-refractivity contribution in [1.82, 2.24) is 0 Å². The summed E-state index contributed by atoms with van der Waals surface area (Å²) >= 11 is 0. The molecule has 0 aliphatic heterocycles. The zero-order valence-corrected chi connectivity index (χ0v) is 50.3. The van der Waals surface area contributed by atoms with Gasteiger partial charge in [-0.25, -0.2) is 4.79 Å². The second-order valence-corrected chi connectivity index (χ2v) is 23.8. The highest BCUT2D eigenvalue weighted by Crippen LogP contribution is 2.19. The largest absolute Gasteiger partial charge is 0.477 e. The van der Waals surface area contributed by atoms with Crippen LogP contribution in [0.5, 0.6) is 0 Å². The SMILES string of the molecule is CCCCCCCCCCCCCCCCCCCCCCCCCCCCCCCCCCCCCCC(=O)OC(COC(=O)CCCCCCCCCCCCCCC)COC(OCC[N+](C)(C)C)C(=O)O. The lowest BCUT2D eigenvalue weighted by Crippen LogP contribution is -2.40. The van der Waals surface area contributed by atoms with Gasteiger partial charge in [-0.1, -0.05) is 316 Å². The normalized spacial score (nSPS) is 12.6. The van der Waals surface area contributed by atoms with Crippen molar-refractivity contribution in [2.24, 2.45) is 0 Å². The van der Waals surface area contributed by atoms with E-state index in [1.807, 2.05) is 21.1 Å². The van der Waals surface area contributed by atoms with Crippen LogP contribution in [0.15, 0.2) is 0 Å². The maximum Gasteiger partial charge on any atom is 0.361 e. The summed E-state index contributed by atoms with van der Waals surface area (Å²) in [5.41, 5.74) is 0. The molecule has 0 radical (unpaired) electrons. The number of ether oxygens (including phenoxy) is 4. The molecule has 74 heavy (non-hydrogen) atoms. The summed E-state index contributed by atoms with van der Waals surface area (Å²) in [4.78, 5) is 37.4. The lowest BCUT2D eigenvalue weighted by atomic mass is 10.0. The Morgan fingerprint density at radius 2 is 0.608 bits per heavy atom. The standard InChI is InChI=1S/C65H127NO8/c1-6-8-10-12-14-16-18-20-21-22-23-24-25-26-27-28-29-30-31-32-33-34-35-36-37-38-39-40-41-42-44-46-48-50-52-54-56-63(68)74-61(60-73-65(64(69)70)71-58-57-66(3,4)5)59-72-62(67)55-53-51-49-47-45-43-19-17-15-13-11-9-7-2/h61,65H,6-60H2,1-5H3/p+1. The maximum atomic E-state index is 12.9. The van der Waals surface area contributed by atoms with Crippen molar-refractivity contribution in [3.8, 4) is 0 Å². The van der Waals surface area contributed by atoms with Gasteiger partial charge >= 0.3 is 17.9 Å². The molecule has 0 saturated heterocycles. The molecule has 0 bridgehead atoms. The predicted octanol–water partition coefficient (Wildman–Crippen LogP) is 19.5. The molecule has 0 aromatic heterocycles. The molecule has 0 fully saturated rings. The number of aliphatic carboxylic acids is 1. The summed E-state index contributed by atoms with van der Waals surface area (Å²) in [5, 5.41) is 9.70. The Kier molecular flexibility index (Phi) is 56.1. The van der Waals surface area contributed by atoms with Gasteiger partial charge in [0.05, 0.1) is 34.4 Å². The number of esters is 2. The molecule has 440 valence electrons. The molecular weight excluding hydrogens is 923 g/mol. The van der Waals surface area contributed by atoms with E-state index in [2.05, 4.69) is 13.8 Å². The Labute approximate surface area is 460 Å². The van der Waals surface area contributed by atoms with Crippen LogP contribution in [-0.4, -0.2) is 87.4 Å². The van der Waals surface area contributed by atoms with Crippen molar-refractivity contribution >= 4 is 17.9 Å². The van der Waals surface area contributed by atoms with Crippen molar-refractivity contribution in [3.05, 3.63) is 0 Å². The van der Waals surface area contributed by atoms with Crippen LogP contribution in [0.25, 0.3) is 0 Å². The molecular formula is C65H128NO8+. The molecule has 0 aromatic rings. The van der Waals surface area contributed by atoms with Gasteiger partial charge in [-0.05, 0) is 12.8 Å². The van der Waals surface area contributed by atoms with E-state index in [-0.39, 0.29) is 38.2 Å². The number of hydrogen-bond donors (Lipinski definition) is 1. The molecule has 0 spiro atoms. The second-order valence-electron chi connectivity index (χ2n) is 23.8. The van der Waals surface area contributed by atoms with E-state index < -0.39 is 18.4 Å². The lowest BCUT2D eigenvalue weighted by Gasteiger charge is -2.25. The first-order valence-corrected chi connectivity index (χ1v) is 32.7. The summed E-state index contributed by atoms with van der Waals surface area (Å²) in [6.07, 6.45) is 63.7. The molecule has 0 aromatic carbocycles. The lowest BCUT2D eigenvalue weighted by molar-refractivity contribution is -0.870. The van der Waals surface area contributed by atoms with E-state index in [0.717, 1.165) is 38.5 Å². The monoisotopic (exact) mass is 1050 g/mol. The minimum absolute atomic E-state index is 0.173. The number of carboxylic acids is 1. The first-order valence-electron chi connectivity index (χ1n) is 32.7. The van der Waals surface area contributed by atoms with Crippen LogP contribution in [-0.2, 0) is 33.3 Å². The number of carbonyl (C=O) groups excluding carboxylic acids is 2. The zero-order valence-electron chi connectivity index (χ0n) is 50.3. The number of nitrogens with zero attached hydrogens (tertiary/aromatic N) is 1. The van der Waals surface area contributed by atoms with Crippen LogP contribution in [0, 0.1) is 0 Å². The summed E-state index contributed by atoms with van der Waals surface area (Å²) in [5.74, 6) is -1.97. The molecule has 9 nitrogen and oxygen atoms in total. The topological polar surface area (TPSA) is 108 Å². The van der Waals surface area contributed by atoms with Gasteiger partial charge in [0, 0.05) is 12.8 Å². The van der Waals surface area contributed by atoms with Crippen LogP contribution < -0.4 is 0 Å². The van der Waals surface area contributed by atoms with Crippen molar-refractivity contribution < 1.29 is 42.9 Å². The van der Waals surface area contributed by atoms with Crippen molar-refractivity contribution in [2.75, 3.05) is 47.5 Å². The third-order valence-corrected chi connectivity index (χ3v) is 15.1. The second kappa shape index (κ2) is 57.5. The van der Waals surface area contributed by atoms with E-state index in [1.165, 1.54) is 276 Å². The third-order valence-electron chi connectivity index (χ3n) is 15.1. The van der Waals surface area contributed by atoms with Gasteiger partial charge in [0.1, 0.15) is 13.2 Å². The fourth-order valence-electron chi connectivity index (χ4n) is 10.1. The quantitative estimate of drug-likeness (QED) is 0.0278. The first kappa shape index (κ1) is 72.3. The minimum Gasteiger partial charge on any atom is -0.477 e. The molecule has 0 saturated carbocycles. The summed E-state index contributed by atoms with van der Waals surface area (Å²) in [6, 6.07) is 0. The van der Waals surface area contributed by atoms with E-state index in [0.29, 0.717) is 17.4 Å². The molecule has 0 amide bonds. The molecule has 0 aliphatic rings. The van der Waals surface area contributed by atoms with Gasteiger partial charge in [0.15, 0.2) is 6.10 Å². The Morgan fingerprint density at radius 1 is 0.351 bits per heavy atom. The average Bonchev–Trinajstić information content (AvgIpc) is 3.37. The summed E-state index contributed by atoms with van der Waals surface area (Å²) in [6.45, 7) is 4.94. The van der Waals surface area contributed by atoms with E-state index in [9.17, 15) is 19.5 Å². The van der Waals surface area contributed by atoms with E-state index in [1.54, 1.807) is 0 Å². The summed E-state index contributed by atoms with van der Waals surface area (Å²) in [7, 11) is 5.98. The predicted molar refractivity (Wildman–Crippen MR) is 314 cm³/mol. The summed E-state index contributed by atoms with van der Waals surface area (Å²) < 4.78 is 22.9. The smallest absolute Gasteiger partial charge is 0.361 e. The third kappa shape index (κ3) is 58.0.